The van der Waals surface area contributed by atoms with Gasteiger partial charge in [-0.3, -0.25) is 0 Å². The summed E-state index contributed by atoms with van der Waals surface area (Å²) in [6.07, 6.45) is 1.56. The summed E-state index contributed by atoms with van der Waals surface area (Å²) in [6.45, 7) is 4.96. The van der Waals surface area contributed by atoms with Gasteiger partial charge in [-0.1, -0.05) is 11.6 Å². The lowest BCUT2D eigenvalue weighted by atomic mass is 10.1. The molecule has 1 N–H and O–H groups in total. The largest absolute Gasteiger partial charge is 0.358 e. The molecule has 20 heavy (non-hydrogen) atoms. The molecule has 1 aromatic carbocycles. The number of nitrogens with one attached hydrogen (secondary N) is 1. The number of H-pyrrole nitrogens is 1. The first-order valence-corrected chi connectivity index (χ1v) is 8.70. The highest BCUT2D eigenvalue weighted by Gasteiger charge is 2.24. The van der Waals surface area contributed by atoms with Crippen LogP contribution in [0.2, 0.25) is 0 Å². The zero-order chi connectivity index (χ0) is 14.3. The van der Waals surface area contributed by atoms with Crippen molar-refractivity contribution in [3.8, 4) is 0 Å². The van der Waals surface area contributed by atoms with Crippen molar-refractivity contribution in [1.29, 1.82) is 0 Å². The van der Waals surface area contributed by atoms with Crippen LogP contribution < -0.4 is 0 Å². The van der Waals surface area contributed by atoms with Gasteiger partial charge in [0.05, 0.1) is 5.75 Å². The van der Waals surface area contributed by atoms with Crippen LogP contribution in [0, 0.1) is 6.92 Å². The van der Waals surface area contributed by atoms with Gasteiger partial charge in [-0.25, -0.2) is 12.7 Å². The standard InChI is InChI=1S/C15H20N2O2S/c1-3-20(18,19)17-8-6-12-13-10-11(2)4-5-14(13)16-15(12)7-9-17/h4-5,10,16H,3,6-9H2,1-2H3. The maximum absolute atomic E-state index is 12.0. The smallest absolute Gasteiger partial charge is 0.213 e. The lowest BCUT2D eigenvalue weighted by molar-refractivity contribution is 0.427. The molecule has 108 valence electrons. The predicted octanol–water partition coefficient (Wildman–Crippen LogP) is 2.23. The molecule has 0 atom stereocenters. The van der Waals surface area contributed by atoms with Crippen LogP contribution in [-0.2, 0) is 22.9 Å². The number of aromatic nitrogens is 1. The highest BCUT2D eigenvalue weighted by molar-refractivity contribution is 7.89. The topological polar surface area (TPSA) is 53.2 Å². The molecule has 1 aliphatic rings. The fraction of sp³-hybridized carbons (Fsp3) is 0.467. The quantitative estimate of drug-likeness (QED) is 0.923. The number of sulfonamides is 1. The molecule has 0 aliphatic carbocycles. The number of fused-ring (bicyclic) bond motifs is 3. The average Bonchev–Trinajstić information content (AvgIpc) is 2.62. The molecule has 1 aliphatic heterocycles. The van der Waals surface area contributed by atoms with E-state index in [0.717, 1.165) is 18.4 Å². The minimum atomic E-state index is -3.08. The maximum atomic E-state index is 12.0. The Morgan fingerprint density at radius 3 is 2.75 bits per heavy atom. The molecule has 2 aromatic rings. The lowest BCUT2D eigenvalue weighted by Crippen LogP contribution is -2.34. The molecule has 4 nitrogen and oxygen atoms in total. The fourth-order valence-corrected chi connectivity index (χ4v) is 4.07. The number of nitrogens with zero attached hydrogens (tertiary/aromatic N) is 1. The van der Waals surface area contributed by atoms with Crippen molar-refractivity contribution in [2.24, 2.45) is 0 Å². The van der Waals surface area contributed by atoms with E-state index in [1.165, 1.54) is 22.2 Å². The second-order valence-electron chi connectivity index (χ2n) is 5.43. The SMILES string of the molecule is CCS(=O)(=O)N1CCc2[nH]c3ccc(C)cc3c2CC1. The minimum Gasteiger partial charge on any atom is -0.358 e. The summed E-state index contributed by atoms with van der Waals surface area (Å²) in [6, 6.07) is 6.40. The van der Waals surface area contributed by atoms with Gasteiger partial charge in [0.1, 0.15) is 0 Å². The zero-order valence-corrected chi connectivity index (χ0v) is 12.8. The summed E-state index contributed by atoms with van der Waals surface area (Å²) < 4.78 is 25.7. The van der Waals surface area contributed by atoms with Gasteiger partial charge in [0.25, 0.3) is 0 Å². The van der Waals surface area contributed by atoms with E-state index < -0.39 is 10.0 Å². The van der Waals surface area contributed by atoms with Crippen LogP contribution in [0.25, 0.3) is 10.9 Å². The molecule has 0 bridgehead atoms. The summed E-state index contributed by atoms with van der Waals surface area (Å²) in [7, 11) is -3.08. The van der Waals surface area contributed by atoms with Crippen molar-refractivity contribution < 1.29 is 8.42 Å². The van der Waals surface area contributed by atoms with Crippen LogP contribution in [0.4, 0.5) is 0 Å². The van der Waals surface area contributed by atoms with Gasteiger partial charge in [-0.2, -0.15) is 0 Å². The molecule has 2 heterocycles. The van der Waals surface area contributed by atoms with Crippen LogP contribution in [0.5, 0.6) is 0 Å². The molecule has 0 saturated heterocycles. The molecular weight excluding hydrogens is 272 g/mol. The van der Waals surface area contributed by atoms with E-state index in [-0.39, 0.29) is 5.75 Å². The number of rotatable bonds is 2. The number of aromatic amines is 1. The molecule has 3 rings (SSSR count). The second-order valence-corrected chi connectivity index (χ2v) is 7.69. The van der Waals surface area contributed by atoms with Crippen LogP contribution >= 0.6 is 0 Å². The average molecular weight is 292 g/mol. The summed E-state index contributed by atoms with van der Waals surface area (Å²) in [4.78, 5) is 3.45. The molecule has 0 radical (unpaired) electrons. The normalized spacial score (nSPS) is 17.1. The van der Waals surface area contributed by atoms with Crippen molar-refractivity contribution in [3.63, 3.8) is 0 Å². The van der Waals surface area contributed by atoms with Crippen molar-refractivity contribution in [1.82, 2.24) is 9.29 Å². The Hall–Kier alpha value is -1.33. The first kappa shape index (κ1) is 13.6. The van der Waals surface area contributed by atoms with Gasteiger partial charge in [-0.05, 0) is 38.0 Å². The van der Waals surface area contributed by atoms with E-state index in [1.54, 1.807) is 11.2 Å². The Balaban J connectivity index is 1.98. The third-order valence-corrected chi connectivity index (χ3v) is 6.01. The van der Waals surface area contributed by atoms with E-state index in [1.807, 2.05) is 0 Å². The van der Waals surface area contributed by atoms with E-state index in [2.05, 4.69) is 30.1 Å². The summed E-state index contributed by atoms with van der Waals surface area (Å²) in [5, 5.41) is 1.25. The molecule has 5 heteroatoms. The van der Waals surface area contributed by atoms with E-state index in [4.69, 9.17) is 0 Å². The zero-order valence-electron chi connectivity index (χ0n) is 11.9. The van der Waals surface area contributed by atoms with E-state index in [0.29, 0.717) is 13.1 Å². The third kappa shape index (κ3) is 2.25. The molecule has 1 aromatic heterocycles. The Bertz CT molecular complexity index is 747. The molecule has 0 fully saturated rings. The highest BCUT2D eigenvalue weighted by Crippen LogP contribution is 2.27. The van der Waals surface area contributed by atoms with Crippen molar-refractivity contribution in [2.45, 2.75) is 26.7 Å². The fourth-order valence-electron chi connectivity index (χ4n) is 2.96. The van der Waals surface area contributed by atoms with Crippen LogP contribution in [0.15, 0.2) is 18.2 Å². The number of hydrogen-bond acceptors (Lipinski definition) is 2. The predicted molar refractivity (Wildman–Crippen MR) is 81.5 cm³/mol. The number of aryl methyl sites for hydroxylation is 1. The van der Waals surface area contributed by atoms with Gasteiger partial charge in [0.2, 0.25) is 10.0 Å². The highest BCUT2D eigenvalue weighted by atomic mass is 32.2. The Kier molecular flexibility index (Phi) is 3.34. The van der Waals surface area contributed by atoms with E-state index in [9.17, 15) is 8.42 Å². The maximum Gasteiger partial charge on any atom is 0.213 e. The van der Waals surface area contributed by atoms with Crippen molar-refractivity contribution in [3.05, 3.63) is 35.0 Å². The van der Waals surface area contributed by atoms with Gasteiger partial charge in [0.15, 0.2) is 0 Å². The molecule has 0 unspecified atom stereocenters. The van der Waals surface area contributed by atoms with Gasteiger partial charge in [0, 0.05) is 36.1 Å². The molecular formula is C15H20N2O2S. The lowest BCUT2D eigenvalue weighted by Gasteiger charge is -2.18. The van der Waals surface area contributed by atoms with Gasteiger partial charge < -0.3 is 4.98 Å². The first-order chi connectivity index (χ1) is 9.51. The third-order valence-electron chi connectivity index (χ3n) is 4.13. The Labute approximate surface area is 119 Å². The molecule has 0 spiro atoms. The molecule has 0 amide bonds. The van der Waals surface area contributed by atoms with Crippen LogP contribution in [0.1, 0.15) is 23.7 Å². The van der Waals surface area contributed by atoms with Crippen molar-refractivity contribution >= 4 is 20.9 Å². The number of benzene rings is 1. The van der Waals surface area contributed by atoms with Gasteiger partial charge in [-0.15, -0.1) is 0 Å². The van der Waals surface area contributed by atoms with E-state index >= 15 is 0 Å². The summed E-state index contributed by atoms with van der Waals surface area (Å²) >= 11 is 0. The number of hydrogen-bond donors (Lipinski definition) is 1. The van der Waals surface area contributed by atoms with Crippen LogP contribution in [-0.4, -0.2) is 36.5 Å². The van der Waals surface area contributed by atoms with Crippen molar-refractivity contribution in [2.75, 3.05) is 18.8 Å². The molecule has 0 saturated carbocycles. The minimum absolute atomic E-state index is 0.181. The first-order valence-electron chi connectivity index (χ1n) is 7.09. The monoisotopic (exact) mass is 292 g/mol. The second kappa shape index (κ2) is 4.90. The van der Waals surface area contributed by atoms with Gasteiger partial charge >= 0.3 is 0 Å². The summed E-state index contributed by atoms with van der Waals surface area (Å²) in [5.41, 5.74) is 4.88. The summed E-state index contributed by atoms with van der Waals surface area (Å²) in [5.74, 6) is 0.181. The Morgan fingerprint density at radius 1 is 1.25 bits per heavy atom. The van der Waals surface area contributed by atoms with Crippen LogP contribution in [0.3, 0.4) is 0 Å². The Morgan fingerprint density at radius 2 is 2.00 bits per heavy atom.